The maximum Gasteiger partial charge on any atom is 0.0351 e. The fourth-order valence-electron chi connectivity index (χ4n) is 2.91. The van der Waals surface area contributed by atoms with E-state index in [0.717, 1.165) is 12.5 Å². The van der Waals surface area contributed by atoms with Gasteiger partial charge in [0.05, 0.1) is 0 Å². The largest absolute Gasteiger partial charge is 0.306 e. The molecule has 0 aromatic heterocycles. The zero-order chi connectivity index (χ0) is 13.9. The number of benzene rings is 2. The Morgan fingerprint density at radius 2 is 1.80 bits per heavy atom. The average Bonchev–Trinajstić information content (AvgIpc) is 3.27. The molecule has 104 valence electrons. The van der Waals surface area contributed by atoms with Crippen molar-refractivity contribution in [2.75, 3.05) is 0 Å². The summed E-state index contributed by atoms with van der Waals surface area (Å²) in [5.41, 5.74) is 5.57. The SMILES string of the molecule is Cc1ccc(CNC(c2ccccc2)C2CC2)c(C)c1. The first-order chi connectivity index (χ1) is 9.74. The minimum atomic E-state index is 0.511. The highest BCUT2D eigenvalue weighted by Gasteiger charge is 2.31. The van der Waals surface area contributed by atoms with Gasteiger partial charge in [-0.1, -0.05) is 54.1 Å². The second-order valence-corrected chi connectivity index (χ2v) is 6.04. The van der Waals surface area contributed by atoms with E-state index in [2.05, 4.69) is 67.7 Å². The third-order valence-electron chi connectivity index (χ3n) is 4.26. The van der Waals surface area contributed by atoms with Gasteiger partial charge in [0.1, 0.15) is 0 Å². The van der Waals surface area contributed by atoms with Crippen LogP contribution in [0.3, 0.4) is 0 Å². The molecule has 2 aromatic carbocycles. The van der Waals surface area contributed by atoms with Crippen LogP contribution in [0.1, 0.15) is 41.1 Å². The molecular weight excluding hydrogens is 242 g/mol. The quantitative estimate of drug-likeness (QED) is 0.836. The van der Waals surface area contributed by atoms with Gasteiger partial charge in [0.25, 0.3) is 0 Å². The predicted molar refractivity (Wildman–Crippen MR) is 84.7 cm³/mol. The van der Waals surface area contributed by atoms with E-state index in [1.165, 1.54) is 35.1 Å². The van der Waals surface area contributed by atoms with Gasteiger partial charge in [0.15, 0.2) is 0 Å². The van der Waals surface area contributed by atoms with Crippen molar-refractivity contribution in [3.05, 3.63) is 70.8 Å². The van der Waals surface area contributed by atoms with E-state index in [4.69, 9.17) is 0 Å². The Bertz CT molecular complexity index is 570. The lowest BCUT2D eigenvalue weighted by atomic mass is 10.0. The molecule has 1 fully saturated rings. The summed E-state index contributed by atoms with van der Waals surface area (Å²) in [4.78, 5) is 0. The summed E-state index contributed by atoms with van der Waals surface area (Å²) >= 11 is 0. The first-order valence-corrected chi connectivity index (χ1v) is 7.58. The molecule has 0 heterocycles. The van der Waals surface area contributed by atoms with Gasteiger partial charge in [-0.15, -0.1) is 0 Å². The number of aryl methyl sites for hydroxylation is 2. The second-order valence-electron chi connectivity index (χ2n) is 6.04. The molecule has 1 N–H and O–H groups in total. The van der Waals surface area contributed by atoms with Gasteiger partial charge in [0.2, 0.25) is 0 Å². The van der Waals surface area contributed by atoms with Crippen molar-refractivity contribution in [2.24, 2.45) is 5.92 Å². The van der Waals surface area contributed by atoms with Crippen LogP contribution in [0.25, 0.3) is 0 Å². The average molecular weight is 265 g/mol. The van der Waals surface area contributed by atoms with Crippen LogP contribution in [0.4, 0.5) is 0 Å². The zero-order valence-electron chi connectivity index (χ0n) is 12.4. The highest BCUT2D eigenvalue weighted by molar-refractivity contribution is 5.30. The summed E-state index contributed by atoms with van der Waals surface area (Å²) in [6.07, 6.45) is 2.72. The first kappa shape index (κ1) is 13.4. The van der Waals surface area contributed by atoms with E-state index in [9.17, 15) is 0 Å². The monoisotopic (exact) mass is 265 g/mol. The normalized spacial score (nSPS) is 16.1. The van der Waals surface area contributed by atoms with Crippen LogP contribution in [-0.2, 0) is 6.54 Å². The first-order valence-electron chi connectivity index (χ1n) is 7.58. The Hall–Kier alpha value is -1.60. The molecule has 0 spiro atoms. The van der Waals surface area contributed by atoms with Crippen LogP contribution in [0, 0.1) is 19.8 Å². The van der Waals surface area contributed by atoms with Crippen molar-refractivity contribution in [3.8, 4) is 0 Å². The van der Waals surface area contributed by atoms with Gasteiger partial charge < -0.3 is 5.32 Å². The van der Waals surface area contributed by atoms with Crippen molar-refractivity contribution < 1.29 is 0 Å². The second kappa shape index (κ2) is 5.80. The van der Waals surface area contributed by atoms with Gasteiger partial charge in [-0.3, -0.25) is 0 Å². The van der Waals surface area contributed by atoms with Crippen LogP contribution >= 0.6 is 0 Å². The topological polar surface area (TPSA) is 12.0 Å². The summed E-state index contributed by atoms with van der Waals surface area (Å²) in [7, 11) is 0. The van der Waals surface area contributed by atoms with Crippen molar-refractivity contribution in [2.45, 2.75) is 39.3 Å². The third-order valence-corrected chi connectivity index (χ3v) is 4.26. The molecule has 1 aliphatic carbocycles. The number of hydrogen-bond donors (Lipinski definition) is 1. The molecule has 0 bridgehead atoms. The van der Waals surface area contributed by atoms with Crippen molar-refractivity contribution in [1.29, 1.82) is 0 Å². The van der Waals surface area contributed by atoms with Gasteiger partial charge in [-0.2, -0.15) is 0 Å². The fraction of sp³-hybridized carbons (Fsp3) is 0.368. The van der Waals surface area contributed by atoms with Gasteiger partial charge in [0, 0.05) is 12.6 Å². The van der Waals surface area contributed by atoms with Crippen molar-refractivity contribution in [1.82, 2.24) is 5.32 Å². The molecule has 0 amide bonds. The van der Waals surface area contributed by atoms with Gasteiger partial charge in [-0.05, 0) is 49.3 Å². The number of hydrogen-bond acceptors (Lipinski definition) is 1. The molecule has 0 saturated heterocycles. The van der Waals surface area contributed by atoms with Crippen molar-refractivity contribution >= 4 is 0 Å². The Morgan fingerprint density at radius 3 is 2.45 bits per heavy atom. The number of rotatable bonds is 5. The van der Waals surface area contributed by atoms with E-state index in [1.807, 2.05) is 0 Å². The highest BCUT2D eigenvalue weighted by Crippen LogP contribution is 2.41. The van der Waals surface area contributed by atoms with Crippen LogP contribution in [0.2, 0.25) is 0 Å². The smallest absolute Gasteiger partial charge is 0.0351 e. The lowest BCUT2D eigenvalue weighted by Crippen LogP contribution is -2.23. The standard InChI is InChI=1S/C19H23N/c1-14-8-9-18(15(2)12-14)13-20-19(17-10-11-17)16-6-4-3-5-7-16/h3-9,12,17,19-20H,10-11,13H2,1-2H3. The Morgan fingerprint density at radius 1 is 1.05 bits per heavy atom. The van der Waals surface area contributed by atoms with Crippen LogP contribution < -0.4 is 5.32 Å². The van der Waals surface area contributed by atoms with E-state index in [1.54, 1.807) is 0 Å². The van der Waals surface area contributed by atoms with Crippen LogP contribution in [0.5, 0.6) is 0 Å². The molecule has 1 atom stereocenters. The zero-order valence-corrected chi connectivity index (χ0v) is 12.4. The Labute approximate surface area is 122 Å². The summed E-state index contributed by atoms with van der Waals surface area (Å²) in [6, 6.07) is 18.1. The molecule has 3 rings (SSSR count). The van der Waals surface area contributed by atoms with E-state index < -0.39 is 0 Å². The Balaban J connectivity index is 1.72. The molecule has 0 radical (unpaired) electrons. The maximum absolute atomic E-state index is 3.77. The van der Waals surface area contributed by atoms with Crippen LogP contribution in [0.15, 0.2) is 48.5 Å². The summed E-state index contributed by atoms with van der Waals surface area (Å²) < 4.78 is 0. The molecule has 1 nitrogen and oxygen atoms in total. The van der Waals surface area contributed by atoms with Gasteiger partial charge >= 0.3 is 0 Å². The Kier molecular flexibility index (Phi) is 3.88. The molecule has 2 aromatic rings. The molecule has 1 saturated carbocycles. The third kappa shape index (κ3) is 3.10. The molecule has 1 aliphatic rings. The molecule has 0 aliphatic heterocycles. The lowest BCUT2D eigenvalue weighted by molar-refractivity contribution is 0.479. The van der Waals surface area contributed by atoms with E-state index >= 15 is 0 Å². The number of nitrogens with one attached hydrogen (secondary N) is 1. The van der Waals surface area contributed by atoms with Gasteiger partial charge in [-0.25, -0.2) is 0 Å². The van der Waals surface area contributed by atoms with Crippen LogP contribution in [-0.4, -0.2) is 0 Å². The summed E-state index contributed by atoms with van der Waals surface area (Å²) in [5, 5.41) is 3.77. The minimum Gasteiger partial charge on any atom is -0.306 e. The molecule has 1 unspecified atom stereocenters. The predicted octanol–water partition coefficient (Wildman–Crippen LogP) is 4.54. The maximum atomic E-state index is 3.77. The summed E-state index contributed by atoms with van der Waals surface area (Å²) in [6.45, 7) is 5.32. The van der Waals surface area contributed by atoms with Crippen molar-refractivity contribution in [3.63, 3.8) is 0 Å². The minimum absolute atomic E-state index is 0.511. The van der Waals surface area contributed by atoms with E-state index in [-0.39, 0.29) is 0 Å². The fourth-order valence-corrected chi connectivity index (χ4v) is 2.91. The molecule has 20 heavy (non-hydrogen) atoms. The van der Waals surface area contributed by atoms with E-state index in [0.29, 0.717) is 6.04 Å². The lowest BCUT2D eigenvalue weighted by Gasteiger charge is -2.19. The summed E-state index contributed by atoms with van der Waals surface area (Å²) in [5.74, 6) is 0.822. The molecule has 1 heteroatoms. The molecular formula is C19H23N. The highest BCUT2D eigenvalue weighted by atomic mass is 14.9.